The molecule has 3 heterocycles. The third-order valence-electron chi connectivity index (χ3n) is 6.12. The van der Waals surface area contributed by atoms with Crippen LogP contribution < -0.4 is 15.1 Å². The summed E-state index contributed by atoms with van der Waals surface area (Å²) >= 11 is 1.40. The SMILES string of the molecule is CN(C)C(=O)c1ccc2c(c1)N(CC(=O)Nc1nc3ccccc3s1)C(=O)C1CCCCN21. The second-order valence-electron chi connectivity index (χ2n) is 8.57. The number of hydrogen-bond donors (Lipinski definition) is 1. The highest BCUT2D eigenvalue weighted by molar-refractivity contribution is 7.22. The molecule has 2 aliphatic heterocycles. The minimum Gasteiger partial charge on any atom is -0.358 e. The zero-order chi connectivity index (χ0) is 23.1. The van der Waals surface area contributed by atoms with E-state index < -0.39 is 0 Å². The summed E-state index contributed by atoms with van der Waals surface area (Å²) in [6, 6.07) is 12.8. The average molecular weight is 464 g/mol. The smallest absolute Gasteiger partial charge is 0.253 e. The number of hydrogen-bond acceptors (Lipinski definition) is 6. The number of aromatic nitrogens is 1. The molecule has 0 spiro atoms. The number of nitrogens with zero attached hydrogens (tertiary/aromatic N) is 4. The van der Waals surface area contributed by atoms with Gasteiger partial charge in [0.25, 0.3) is 5.91 Å². The predicted molar refractivity (Wildman–Crippen MR) is 130 cm³/mol. The number of carbonyl (C=O) groups is 3. The molecular formula is C24H25N5O3S. The van der Waals surface area contributed by atoms with Gasteiger partial charge in [0.05, 0.1) is 21.6 Å². The van der Waals surface area contributed by atoms with Crippen molar-refractivity contribution < 1.29 is 14.4 Å². The van der Waals surface area contributed by atoms with Crippen LogP contribution in [0.15, 0.2) is 42.5 Å². The topological polar surface area (TPSA) is 85.9 Å². The Morgan fingerprint density at radius 2 is 1.97 bits per heavy atom. The van der Waals surface area contributed by atoms with Gasteiger partial charge in [0, 0.05) is 26.2 Å². The van der Waals surface area contributed by atoms with Crippen molar-refractivity contribution in [3.05, 3.63) is 48.0 Å². The van der Waals surface area contributed by atoms with Crippen molar-refractivity contribution in [1.29, 1.82) is 0 Å². The molecule has 0 radical (unpaired) electrons. The Morgan fingerprint density at radius 3 is 2.76 bits per heavy atom. The van der Waals surface area contributed by atoms with E-state index in [1.54, 1.807) is 26.2 Å². The van der Waals surface area contributed by atoms with Crippen molar-refractivity contribution in [2.45, 2.75) is 25.3 Å². The Balaban J connectivity index is 1.46. The maximum Gasteiger partial charge on any atom is 0.253 e. The van der Waals surface area contributed by atoms with Gasteiger partial charge in [-0.1, -0.05) is 23.5 Å². The van der Waals surface area contributed by atoms with Crippen molar-refractivity contribution in [3.8, 4) is 0 Å². The van der Waals surface area contributed by atoms with Crippen molar-refractivity contribution in [1.82, 2.24) is 9.88 Å². The van der Waals surface area contributed by atoms with Gasteiger partial charge in [-0.3, -0.25) is 19.3 Å². The Hall–Kier alpha value is -3.46. The summed E-state index contributed by atoms with van der Waals surface area (Å²) in [5.74, 6) is -0.567. The standard InChI is InChI=1S/C24H25N5O3S/c1-27(2)22(31)15-10-11-17-19(13-15)29(23(32)18-8-5-6-12-28(17)18)14-21(30)26-24-25-16-7-3-4-9-20(16)33-24/h3-4,7,9-11,13,18H,5-6,8,12,14H2,1-2H3,(H,25,26,30). The van der Waals surface area contributed by atoms with E-state index in [1.807, 2.05) is 30.3 Å². The molecule has 1 unspecified atom stereocenters. The van der Waals surface area contributed by atoms with Crippen LogP contribution in [0.4, 0.5) is 16.5 Å². The van der Waals surface area contributed by atoms with Gasteiger partial charge >= 0.3 is 0 Å². The number of fused-ring (bicyclic) bond motifs is 4. The molecule has 0 aliphatic carbocycles. The van der Waals surface area contributed by atoms with Gasteiger partial charge in [0.2, 0.25) is 11.8 Å². The second-order valence-corrected chi connectivity index (χ2v) is 9.60. The van der Waals surface area contributed by atoms with Crippen molar-refractivity contribution in [2.24, 2.45) is 0 Å². The van der Waals surface area contributed by atoms with Crippen LogP contribution in [0.5, 0.6) is 0 Å². The zero-order valence-corrected chi connectivity index (χ0v) is 19.4. The molecule has 1 fully saturated rings. The lowest BCUT2D eigenvalue weighted by atomic mass is 9.95. The lowest BCUT2D eigenvalue weighted by Crippen LogP contribution is -2.56. The fourth-order valence-corrected chi connectivity index (χ4v) is 5.42. The minimum atomic E-state index is -0.318. The Bertz CT molecular complexity index is 1220. The first-order chi connectivity index (χ1) is 15.9. The quantitative estimate of drug-likeness (QED) is 0.641. The van der Waals surface area contributed by atoms with E-state index in [0.29, 0.717) is 16.4 Å². The zero-order valence-electron chi connectivity index (χ0n) is 18.6. The number of benzene rings is 2. The van der Waals surface area contributed by atoms with Gasteiger partial charge in [-0.2, -0.15) is 0 Å². The van der Waals surface area contributed by atoms with Crippen LogP contribution in [0.3, 0.4) is 0 Å². The molecule has 9 heteroatoms. The largest absolute Gasteiger partial charge is 0.358 e. The number of anilines is 3. The number of para-hydroxylation sites is 1. The molecule has 2 aliphatic rings. The summed E-state index contributed by atoms with van der Waals surface area (Å²) in [4.78, 5) is 48.6. The van der Waals surface area contributed by atoms with Crippen LogP contribution in [0.2, 0.25) is 0 Å². The molecule has 1 saturated heterocycles. The van der Waals surface area contributed by atoms with E-state index in [-0.39, 0.29) is 30.3 Å². The van der Waals surface area contributed by atoms with Crippen molar-refractivity contribution in [3.63, 3.8) is 0 Å². The lowest BCUT2D eigenvalue weighted by Gasteiger charge is -2.45. The van der Waals surface area contributed by atoms with Gasteiger partial charge in [-0.25, -0.2) is 4.98 Å². The Kier molecular flexibility index (Phi) is 5.49. The maximum atomic E-state index is 13.5. The van der Waals surface area contributed by atoms with E-state index in [0.717, 1.165) is 41.7 Å². The molecule has 3 amide bonds. The molecule has 0 bridgehead atoms. The normalized spacial score (nSPS) is 17.5. The van der Waals surface area contributed by atoms with Crippen LogP contribution in [0.25, 0.3) is 10.2 Å². The van der Waals surface area contributed by atoms with Gasteiger partial charge < -0.3 is 15.1 Å². The lowest BCUT2D eigenvalue weighted by molar-refractivity contribution is -0.123. The first-order valence-electron chi connectivity index (χ1n) is 11.0. The summed E-state index contributed by atoms with van der Waals surface area (Å²) in [6.07, 6.45) is 2.75. The van der Waals surface area contributed by atoms with Crippen LogP contribution in [0, 0.1) is 0 Å². The highest BCUT2D eigenvalue weighted by Crippen LogP contribution is 2.40. The van der Waals surface area contributed by atoms with Gasteiger partial charge in [-0.05, 0) is 49.6 Å². The van der Waals surface area contributed by atoms with E-state index in [1.165, 1.54) is 21.1 Å². The first kappa shape index (κ1) is 21.4. The highest BCUT2D eigenvalue weighted by Gasteiger charge is 2.40. The summed E-state index contributed by atoms with van der Waals surface area (Å²) in [6.45, 7) is 0.655. The monoisotopic (exact) mass is 463 g/mol. The molecular weight excluding hydrogens is 438 g/mol. The van der Waals surface area contributed by atoms with Crippen molar-refractivity contribution in [2.75, 3.05) is 42.3 Å². The molecule has 33 heavy (non-hydrogen) atoms. The van der Waals surface area contributed by atoms with E-state index in [9.17, 15) is 14.4 Å². The fourth-order valence-electron chi connectivity index (χ4n) is 4.54. The minimum absolute atomic E-state index is 0.101. The van der Waals surface area contributed by atoms with E-state index in [4.69, 9.17) is 0 Å². The first-order valence-corrected chi connectivity index (χ1v) is 11.8. The summed E-state index contributed by atoms with van der Waals surface area (Å²) in [5.41, 5.74) is 2.80. The van der Waals surface area contributed by atoms with E-state index in [2.05, 4.69) is 15.2 Å². The molecule has 1 N–H and O–H groups in total. The molecule has 5 rings (SSSR count). The van der Waals surface area contributed by atoms with Gasteiger partial charge in [-0.15, -0.1) is 0 Å². The molecule has 8 nitrogen and oxygen atoms in total. The molecule has 2 aromatic carbocycles. The summed E-state index contributed by atoms with van der Waals surface area (Å²) in [7, 11) is 3.38. The van der Waals surface area contributed by atoms with Crippen LogP contribution in [-0.2, 0) is 9.59 Å². The number of amides is 3. The maximum absolute atomic E-state index is 13.5. The number of piperidine rings is 1. The Labute approximate surface area is 195 Å². The Morgan fingerprint density at radius 1 is 1.15 bits per heavy atom. The molecule has 1 atom stereocenters. The van der Waals surface area contributed by atoms with Crippen LogP contribution >= 0.6 is 11.3 Å². The van der Waals surface area contributed by atoms with Gasteiger partial charge in [0.1, 0.15) is 12.6 Å². The molecule has 170 valence electrons. The number of nitrogens with one attached hydrogen (secondary N) is 1. The predicted octanol–water partition coefficient (Wildman–Crippen LogP) is 3.34. The number of thiazole rings is 1. The molecule has 1 aromatic heterocycles. The summed E-state index contributed by atoms with van der Waals surface area (Å²) < 4.78 is 0.983. The third kappa shape index (κ3) is 3.93. The van der Waals surface area contributed by atoms with Crippen LogP contribution in [-0.4, -0.2) is 60.8 Å². The second kappa shape index (κ2) is 8.47. The summed E-state index contributed by atoms with van der Waals surface area (Å²) in [5, 5.41) is 3.35. The molecule has 3 aromatic rings. The van der Waals surface area contributed by atoms with Crippen molar-refractivity contribution >= 4 is 55.8 Å². The fraction of sp³-hybridized carbons (Fsp3) is 0.333. The van der Waals surface area contributed by atoms with Gasteiger partial charge in [0.15, 0.2) is 5.13 Å². The molecule has 0 saturated carbocycles. The number of rotatable bonds is 4. The average Bonchev–Trinajstić information content (AvgIpc) is 3.23. The third-order valence-corrected chi connectivity index (χ3v) is 7.08. The number of carbonyl (C=O) groups excluding carboxylic acids is 3. The van der Waals surface area contributed by atoms with E-state index >= 15 is 0 Å². The van der Waals surface area contributed by atoms with Crippen LogP contribution in [0.1, 0.15) is 29.6 Å². The highest BCUT2D eigenvalue weighted by atomic mass is 32.1.